The molecule has 0 atom stereocenters. The first-order valence-corrected chi connectivity index (χ1v) is 7.56. The van der Waals surface area contributed by atoms with Gasteiger partial charge in [0, 0.05) is 18.5 Å². The quantitative estimate of drug-likeness (QED) is 0.401. The first-order valence-electron chi connectivity index (χ1n) is 7.56. The van der Waals surface area contributed by atoms with Crippen molar-refractivity contribution in [2.45, 2.75) is 50.5 Å². The minimum absolute atomic E-state index is 0.463. The Kier molecular flexibility index (Phi) is 4.32. The lowest BCUT2D eigenvalue weighted by atomic mass is 10.3. The molecule has 2 aliphatic rings. The highest BCUT2D eigenvalue weighted by Gasteiger charge is 2.27. The van der Waals surface area contributed by atoms with Crippen LogP contribution in [0.15, 0.2) is 6.07 Å². The van der Waals surface area contributed by atoms with E-state index in [0.29, 0.717) is 17.8 Å². The molecule has 2 fully saturated rings. The molecule has 0 amide bonds. The zero-order valence-electron chi connectivity index (χ0n) is 11.8. The van der Waals surface area contributed by atoms with Gasteiger partial charge < -0.3 is 15.5 Å². The third-order valence-corrected chi connectivity index (χ3v) is 3.90. The Morgan fingerprint density at radius 2 is 1.90 bits per heavy atom. The van der Waals surface area contributed by atoms with E-state index in [1.54, 1.807) is 0 Å². The largest absolute Gasteiger partial charge is 0.376 e. The van der Waals surface area contributed by atoms with Crippen molar-refractivity contribution in [2.24, 2.45) is 5.84 Å². The molecule has 2 saturated carbocycles. The summed E-state index contributed by atoms with van der Waals surface area (Å²) in [4.78, 5) is 8.93. The molecule has 6 heteroatoms. The molecule has 1 heterocycles. The molecule has 110 valence electrons. The standard InChI is InChI=1S/C14H23N5O/c15-19-13-9-12(17-14(18-13)10-5-6-10)16-7-8-20-11-3-1-2-4-11/h9-11H,1-8,15H2,(H2,16,17,18,19). The Labute approximate surface area is 119 Å². The molecule has 0 aromatic carbocycles. The first kappa shape index (κ1) is 13.6. The maximum Gasteiger partial charge on any atom is 0.145 e. The van der Waals surface area contributed by atoms with Crippen LogP contribution in [0.5, 0.6) is 0 Å². The second kappa shape index (κ2) is 6.37. The Balaban J connectivity index is 1.49. The summed E-state index contributed by atoms with van der Waals surface area (Å²) in [6.45, 7) is 1.49. The van der Waals surface area contributed by atoms with Gasteiger partial charge in [0.1, 0.15) is 17.5 Å². The number of nitrogens with one attached hydrogen (secondary N) is 2. The Hall–Kier alpha value is -1.40. The second-order valence-corrected chi connectivity index (χ2v) is 5.62. The van der Waals surface area contributed by atoms with Gasteiger partial charge in [-0.3, -0.25) is 0 Å². The van der Waals surface area contributed by atoms with Crippen LogP contribution in [-0.2, 0) is 4.74 Å². The molecule has 0 radical (unpaired) electrons. The second-order valence-electron chi connectivity index (χ2n) is 5.62. The molecular formula is C14H23N5O. The van der Waals surface area contributed by atoms with Gasteiger partial charge in [-0.05, 0) is 25.7 Å². The summed E-state index contributed by atoms with van der Waals surface area (Å²) in [7, 11) is 0. The van der Waals surface area contributed by atoms with Crippen molar-refractivity contribution in [3.8, 4) is 0 Å². The average molecular weight is 277 g/mol. The molecule has 0 spiro atoms. The third kappa shape index (κ3) is 3.58. The van der Waals surface area contributed by atoms with Gasteiger partial charge in [0.25, 0.3) is 0 Å². The van der Waals surface area contributed by atoms with E-state index in [4.69, 9.17) is 10.6 Å². The number of anilines is 2. The fraction of sp³-hybridized carbons (Fsp3) is 0.714. The lowest BCUT2D eigenvalue weighted by Crippen LogP contribution is -2.17. The molecule has 3 rings (SSSR count). The monoisotopic (exact) mass is 277 g/mol. The normalized spacial score (nSPS) is 19.2. The predicted octanol–water partition coefficient (Wildman–Crippen LogP) is 2.01. The maximum absolute atomic E-state index is 5.83. The fourth-order valence-electron chi connectivity index (χ4n) is 2.61. The van der Waals surface area contributed by atoms with Gasteiger partial charge >= 0.3 is 0 Å². The number of rotatable bonds is 7. The summed E-state index contributed by atoms with van der Waals surface area (Å²) < 4.78 is 5.83. The zero-order chi connectivity index (χ0) is 13.8. The number of nitrogen functional groups attached to an aromatic ring is 1. The molecule has 1 aromatic heterocycles. The van der Waals surface area contributed by atoms with Gasteiger partial charge in [0.2, 0.25) is 0 Å². The molecule has 0 unspecified atom stereocenters. The van der Waals surface area contributed by atoms with Crippen molar-refractivity contribution in [3.05, 3.63) is 11.9 Å². The van der Waals surface area contributed by atoms with Crippen molar-refractivity contribution in [2.75, 3.05) is 23.9 Å². The summed E-state index contributed by atoms with van der Waals surface area (Å²) >= 11 is 0. The Morgan fingerprint density at radius 3 is 2.60 bits per heavy atom. The van der Waals surface area contributed by atoms with Crippen LogP contribution in [0.3, 0.4) is 0 Å². The Morgan fingerprint density at radius 1 is 1.15 bits per heavy atom. The van der Waals surface area contributed by atoms with E-state index < -0.39 is 0 Å². The lowest BCUT2D eigenvalue weighted by molar-refractivity contribution is 0.0658. The molecule has 0 bridgehead atoms. The van der Waals surface area contributed by atoms with E-state index >= 15 is 0 Å². The average Bonchev–Trinajstić information content (AvgIpc) is 3.21. The molecule has 6 nitrogen and oxygen atoms in total. The van der Waals surface area contributed by atoms with Crippen LogP contribution in [-0.4, -0.2) is 29.2 Å². The van der Waals surface area contributed by atoms with Crippen molar-refractivity contribution in [3.63, 3.8) is 0 Å². The smallest absolute Gasteiger partial charge is 0.145 e. The van der Waals surface area contributed by atoms with E-state index in [1.807, 2.05) is 6.07 Å². The number of hydrazine groups is 1. The van der Waals surface area contributed by atoms with Gasteiger partial charge in [-0.15, -0.1) is 0 Å². The summed E-state index contributed by atoms with van der Waals surface area (Å²) in [6, 6.07) is 1.83. The van der Waals surface area contributed by atoms with E-state index in [2.05, 4.69) is 20.7 Å². The Bertz CT molecular complexity index is 443. The molecule has 0 saturated heterocycles. The zero-order valence-corrected chi connectivity index (χ0v) is 11.8. The summed E-state index contributed by atoms with van der Waals surface area (Å²) in [5.41, 5.74) is 2.60. The maximum atomic E-state index is 5.83. The van der Waals surface area contributed by atoms with Crippen molar-refractivity contribution in [1.29, 1.82) is 0 Å². The van der Waals surface area contributed by atoms with Crippen LogP contribution < -0.4 is 16.6 Å². The summed E-state index contributed by atoms with van der Waals surface area (Å²) in [5, 5.41) is 3.29. The highest BCUT2D eigenvalue weighted by molar-refractivity contribution is 5.47. The van der Waals surface area contributed by atoms with Gasteiger partial charge in [-0.1, -0.05) is 12.8 Å². The van der Waals surface area contributed by atoms with Crippen LogP contribution in [0.1, 0.15) is 50.3 Å². The van der Waals surface area contributed by atoms with Crippen LogP contribution in [0.25, 0.3) is 0 Å². The van der Waals surface area contributed by atoms with E-state index in [9.17, 15) is 0 Å². The highest BCUT2D eigenvalue weighted by Crippen LogP contribution is 2.38. The van der Waals surface area contributed by atoms with Crippen LogP contribution in [0, 0.1) is 0 Å². The fourth-order valence-corrected chi connectivity index (χ4v) is 2.61. The van der Waals surface area contributed by atoms with E-state index in [1.165, 1.54) is 38.5 Å². The predicted molar refractivity (Wildman–Crippen MR) is 78.5 cm³/mol. The molecular weight excluding hydrogens is 254 g/mol. The van der Waals surface area contributed by atoms with Crippen molar-refractivity contribution in [1.82, 2.24) is 9.97 Å². The van der Waals surface area contributed by atoms with Gasteiger partial charge in [-0.25, -0.2) is 15.8 Å². The first-order chi connectivity index (χ1) is 9.85. The topological polar surface area (TPSA) is 85.1 Å². The number of hydrogen-bond donors (Lipinski definition) is 3. The number of nitrogens with zero attached hydrogens (tertiary/aromatic N) is 2. The third-order valence-electron chi connectivity index (χ3n) is 3.90. The molecule has 20 heavy (non-hydrogen) atoms. The van der Waals surface area contributed by atoms with Gasteiger partial charge in [-0.2, -0.15) is 0 Å². The van der Waals surface area contributed by atoms with Crippen LogP contribution >= 0.6 is 0 Å². The van der Waals surface area contributed by atoms with Gasteiger partial charge in [0.05, 0.1) is 12.7 Å². The number of hydrogen-bond acceptors (Lipinski definition) is 6. The molecule has 0 aliphatic heterocycles. The van der Waals surface area contributed by atoms with Crippen LogP contribution in [0.4, 0.5) is 11.6 Å². The minimum Gasteiger partial charge on any atom is -0.376 e. The summed E-state index contributed by atoms with van der Waals surface area (Å²) in [5.74, 6) is 8.35. The number of ether oxygens (including phenoxy) is 1. The van der Waals surface area contributed by atoms with Crippen LogP contribution in [0.2, 0.25) is 0 Å². The number of nitrogens with two attached hydrogens (primary N) is 1. The molecule has 2 aliphatic carbocycles. The molecule has 4 N–H and O–H groups in total. The SMILES string of the molecule is NNc1cc(NCCOC2CCCC2)nc(C2CC2)n1. The van der Waals surface area contributed by atoms with E-state index in [-0.39, 0.29) is 0 Å². The lowest BCUT2D eigenvalue weighted by Gasteiger charge is -2.12. The summed E-state index contributed by atoms with van der Waals surface area (Å²) in [6.07, 6.45) is 7.85. The van der Waals surface area contributed by atoms with Crippen molar-refractivity contribution >= 4 is 11.6 Å². The van der Waals surface area contributed by atoms with E-state index in [0.717, 1.165) is 24.8 Å². The van der Waals surface area contributed by atoms with Crippen molar-refractivity contribution < 1.29 is 4.74 Å². The van der Waals surface area contributed by atoms with Gasteiger partial charge in [0.15, 0.2) is 0 Å². The molecule has 1 aromatic rings. The number of aromatic nitrogens is 2. The minimum atomic E-state index is 0.463. The highest BCUT2D eigenvalue weighted by atomic mass is 16.5.